The van der Waals surface area contributed by atoms with E-state index < -0.39 is 5.91 Å². The summed E-state index contributed by atoms with van der Waals surface area (Å²) < 4.78 is 17.9. The van der Waals surface area contributed by atoms with Crippen LogP contribution in [0, 0.1) is 0 Å². The lowest BCUT2D eigenvalue weighted by molar-refractivity contribution is -0.134. The van der Waals surface area contributed by atoms with Crippen molar-refractivity contribution in [2.45, 2.75) is 38.1 Å². The van der Waals surface area contributed by atoms with Crippen LogP contribution in [-0.4, -0.2) is 77.8 Å². The van der Waals surface area contributed by atoms with Crippen molar-refractivity contribution in [3.63, 3.8) is 0 Å². The van der Waals surface area contributed by atoms with Crippen molar-refractivity contribution >= 4 is 17.7 Å². The number of nitrogens with zero attached hydrogens (tertiary/aromatic N) is 4. The summed E-state index contributed by atoms with van der Waals surface area (Å²) in [5, 5.41) is 4.44. The number of primary amides is 1. The predicted octanol–water partition coefficient (Wildman–Crippen LogP) is 2.19. The lowest BCUT2D eigenvalue weighted by Gasteiger charge is -2.37. The lowest BCUT2D eigenvalue weighted by Crippen LogP contribution is -2.44. The van der Waals surface area contributed by atoms with E-state index in [9.17, 15) is 14.4 Å². The van der Waals surface area contributed by atoms with E-state index in [1.165, 1.54) is 18.9 Å². The van der Waals surface area contributed by atoms with Crippen LogP contribution >= 0.6 is 0 Å². The van der Waals surface area contributed by atoms with Crippen molar-refractivity contribution in [3.8, 4) is 17.2 Å². The highest BCUT2D eigenvalue weighted by atomic mass is 16.5. The molecule has 0 radical (unpaired) electrons. The molecule has 0 bridgehead atoms. The van der Waals surface area contributed by atoms with E-state index in [0.717, 1.165) is 12.8 Å². The summed E-state index contributed by atoms with van der Waals surface area (Å²) in [6.07, 6.45) is 7.10. The first-order valence-corrected chi connectivity index (χ1v) is 12.6. The first-order chi connectivity index (χ1) is 18.4. The first kappa shape index (κ1) is 25.4. The first-order valence-electron chi connectivity index (χ1n) is 12.6. The van der Waals surface area contributed by atoms with Gasteiger partial charge < -0.3 is 29.7 Å². The van der Waals surface area contributed by atoms with Crippen molar-refractivity contribution in [2.75, 3.05) is 34.4 Å². The number of fused-ring (bicyclic) bond motifs is 1. The van der Waals surface area contributed by atoms with Crippen LogP contribution in [0.15, 0.2) is 41.8 Å². The van der Waals surface area contributed by atoms with E-state index in [0.29, 0.717) is 66.6 Å². The van der Waals surface area contributed by atoms with Crippen LogP contribution in [0.25, 0.3) is 5.69 Å². The molecule has 11 nitrogen and oxygen atoms in total. The standard InChI is InChI=1S/C27H31N5O6/c1-36-18-12-17(13-19(15-18)37-2)32-25-20(24(29-32)26(28)34)9-11-31(27(25)35)21-8-7-16(14-22(21)38-3)30-10-5-4-6-23(30)33/h7-8,12-13,15-16H,4-6,9-11,14H2,1-3H3,(H2,28,34). The molecule has 0 saturated carbocycles. The third kappa shape index (κ3) is 4.37. The van der Waals surface area contributed by atoms with E-state index >= 15 is 0 Å². The summed E-state index contributed by atoms with van der Waals surface area (Å²) >= 11 is 0. The number of methoxy groups -OCH3 is 3. The molecule has 2 aliphatic heterocycles. The largest absolute Gasteiger partial charge is 0.499 e. The van der Waals surface area contributed by atoms with Gasteiger partial charge in [-0.2, -0.15) is 5.10 Å². The van der Waals surface area contributed by atoms with Crippen LogP contribution in [0.1, 0.15) is 52.2 Å². The molecule has 1 aliphatic carbocycles. The van der Waals surface area contributed by atoms with Crippen LogP contribution < -0.4 is 15.2 Å². The number of nitrogens with two attached hydrogens (primary N) is 1. The molecule has 0 spiro atoms. The lowest BCUT2D eigenvalue weighted by atomic mass is 9.97. The summed E-state index contributed by atoms with van der Waals surface area (Å²) in [5.41, 5.74) is 7.55. The fourth-order valence-corrected chi connectivity index (χ4v) is 5.37. The molecule has 3 amide bonds. The number of likely N-dealkylation sites (tertiary alicyclic amines) is 1. The normalized spacial score (nSPS) is 19.5. The Kier molecular flexibility index (Phi) is 6.83. The molecule has 1 fully saturated rings. The molecule has 1 aromatic heterocycles. The second kappa shape index (κ2) is 10.2. The minimum Gasteiger partial charge on any atom is -0.499 e. The maximum absolute atomic E-state index is 14.0. The summed E-state index contributed by atoms with van der Waals surface area (Å²) in [4.78, 5) is 42.3. The van der Waals surface area contributed by atoms with Crippen LogP contribution in [0.2, 0.25) is 0 Å². The van der Waals surface area contributed by atoms with Gasteiger partial charge in [-0.15, -0.1) is 0 Å². The van der Waals surface area contributed by atoms with Crippen molar-refractivity contribution in [2.24, 2.45) is 5.73 Å². The van der Waals surface area contributed by atoms with Gasteiger partial charge in [0.2, 0.25) is 5.91 Å². The Labute approximate surface area is 220 Å². The average molecular weight is 522 g/mol. The molecule has 200 valence electrons. The quantitative estimate of drug-likeness (QED) is 0.591. The SMILES string of the molecule is COC1=C(N2CCc3c(C(N)=O)nn(-c4cc(OC)cc(OC)c4)c3C2=O)C=CC(N2CCCCC2=O)C1. The molecule has 3 heterocycles. The van der Waals surface area contributed by atoms with Crippen LogP contribution in [-0.2, 0) is 16.0 Å². The van der Waals surface area contributed by atoms with Crippen molar-refractivity contribution in [3.05, 3.63) is 58.8 Å². The maximum Gasteiger partial charge on any atom is 0.277 e. The molecule has 2 N–H and O–H groups in total. The average Bonchev–Trinajstić information content (AvgIpc) is 3.34. The second-order valence-electron chi connectivity index (χ2n) is 9.42. The summed E-state index contributed by atoms with van der Waals surface area (Å²) in [5.74, 6) is 0.718. The number of allylic oxidation sites excluding steroid dienone is 1. The molecule has 1 unspecified atom stereocenters. The second-order valence-corrected chi connectivity index (χ2v) is 9.42. The number of piperidine rings is 1. The van der Waals surface area contributed by atoms with E-state index in [1.807, 2.05) is 17.1 Å². The number of rotatable bonds is 7. The van der Waals surface area contributed by atoms with E-state index in [2.05, 4.69) is 5.10 Å². The van der Waals surface area contributed by atoms with Crippen LogP contribution in [0.3, 0.4) is 0 Å². The van der Waals surface area contributed by atoms with Gasteiger partial charge in [-0.25, -0.2) is 4.68 Å². The Balaban J connectivity index is 1.53. The molecule has 38 heavy (non-hydrogen) atoms. The van der Waals surface area contributed by atoms with Gasteiger partial charge in [-0.1, -0.05) is 6.08 Å². The number of hydrogen-bond acceptors (Lipinski definition) is 7. The Morgan fingerprint density at radius 2 is 1.74 bits per heavy atom. The minimum atomic E-state index is -0.709. The van der Waals surface area contributed by atoms with Gasteiger partial charge in [0.1, 0.15) is 23.0 Å². The molecule has 2 aromatic rings. The molecule has 5 rings (SSSR count). The van der Waals surface area contributed by atoms with Crippen molar-refractivity contribution in [1.29, 1.82) is 0 Å². The predicted molar refractivity (Wildman–Crippen MR) is 137 cm³/mol. The number of ether oxygens (including phenoxy) is 3. The molecule has 1 atom stereocenters. The third-order valence-electron chi connectivity index (χ3n) is 7.28. The molecular formula is C27H31N5O6. The summed E-state index contributed by atoms with van der Waals surface area (Å²) in [6, 6.07) is 4.99. The number of benzene rings is 1. The summed E-state index contributed by atoms with van der Waals surface area (Å²) in [7, 11) is 4.62. The van der Waals surface area contributed by atoms with E-state index in [4.69, 9.17) is 19.9 Å². The fourth-order valence-electron chi connectivity index (χ4n) is 5.37. The smallest absolute Gasteiger partial charge is 0.277 e. The fraction of sp³-hybridized carbons (Fsp3) is 0.407. The maximum atomic E-state index is 14.0. The van der Waals surface area contributed by atoms with Gasteiger partial charge >= 0.3 is 0 Å². The minimum absolute atomic E-state index is 0.0543. The van der Waals surface area contributed by atoms with Crippen LogP contribution in [0.5, 0.6) is 11.5 Å². The van der Waals surface area contributed by atoms with Gasteiger partial charge in [-0.05, 0) is 25.3 Å². The van der Waals surface area contributed by atoms with Crippen molar-refractivity contribution < 1.29 is 28.6 Å². The van der Waals surface area contributed by atoms with Gasteiger partial charge in [0.25, 0.3) is 11.8 Å². The molecule has 1 saturated heterocycles. The van der Waals surface area contributed by atoms with Crippen molar-refractivity contribution in [1.82, 2.24) is 19.6 Å². The number of carbonyl (C=O) groups excluding carboxylic acids is 3. The summed E-state index contributed by atoms with van der Waals surface area (Å²) in [6.45, 7) is 1.03. The zero-order chi connectivity index (χ0) is 27.0. The van der Waals surface area contributed by atoms with Gasteiger partial charge in [0.05, 0.1) is 38.8 Å². The van der Waals surface area contributed by atoms with Gasteiger partial charge in [0.15, 0.2) is 5.69 Å². The Morgan fingerprint density at radius 1 is 1.00 bits per heavy atom. The van der Waals surface area contributed by atoms with Crippen LogP contribution in [0.4, 0.5) is 0 Å². The highest BCUT2D eigenvalue weighted by Gasteiger charge is 2.38. The highest BCUT2D eigenvalue weighted by Crippen LogP contribution is 2.34. The zero-order valence-electron chi connectivity index (χ0n) is 21.7. The van der Waals surface area contributed by atoms with Gasteiger partial charge in [-0.3, -0.25) is 14.4 Å². The topological polar surface area (TPSA) is 129 Å². The number of aromatic nitrogens is 2. The number of hydrogen-bond donors (Lipinski definition) is 1. The molecule has 1 aromatic carbocycles. The Bertz CT molecular complexity index is 1340. The Morgan fingerprint density at radius 3 is 2.37 bits per heavy atom. The highest BCUT2D eigenvalue weighted by molar-refractivity contribution is 6.02. The third-order valence-corrected chi connectivity index (χ3v) is 7.28. The molecule has 11 heteroatoms. The van der Waals surface area contributed by atoms with E-state index in [1.54, 1.807) is 30.2 Å². The monoisotopic (exact) mass is 521 g/mol. The van der Waals surface area contributed by atoms with Gasteiger partial charge in [0, 0.05) is 49.7 Å². The zero-order valence-corrected chi connectivity index (χ0v) is 21.7. The number of amides is 3. The van der Waals surface area contributed by atoms with E-state index in [-0.39, 0.29) is 29.2 Å². The Hall–Kier alpha value is -4.28. The molecular weight excluding hydrogens is 490 g/mol. The number of carbonyl (C=O) groups is 3. The molecule has 3 aliphatic rings.